The molecule has 0 bridgehead atoms. The molecule has 0 radical (unpaired) electrons. The van der Waals surface area contributed by atoms with Crippen LogP contribution in [0, 0.1) is 0 Å². The number of thiazole rings is 1. The van der Waals surface area contributed by atoms with Gasteiger partial charge >= 0.3 is 0 Å². The van der Waals surface area contributed by atoms with Crippen LogP contribution in [-0.2, 0) is 0 Å². The summed E-state index contributed by atoms with van der Waals surface area (Å²) >= 11 is 4.88. The Labute approximate surface area is 171 Å². The van der Waals surface area contributed by atoms with Crippen molar-refractivity contribution in [3.63, 3.8) is 0 Å². The summed E-state index contributed by atoms with van der Waals surface area (Å²) in [6.07, 6.45) is 0. The predicted molar refractivity (Wildman–Crippen MR) is 116 cm³/mol. The maximum absolute atomic E-state index is 4.83. The first-order valence-electron chi connectivity index (χ1n) is 8.58. The van der Waals surface area contributed by atoms with Crippen molar-refractivity contribution in [3.05, 3.63) is 66.0 Å². The maximum Gasteiger partial charge on any atom is 0.235 e. The third-order valence-electron chi connectivity index (χ3n) is 4.41. The largest absolute Gasteiger partial charge is 0.236 e. The molecule has 0 aliphatic carbocycles. The first-order chi connectivity index (χ1) is 13.9. The number of hydrogen-bond donors (Lipinski definition) is 0. The summed E-state index contributed by atoms with van der Waals surface area (Å²) in [5, 5.41) is 17.4. The van der Waals surface area contributed by atoms with Crippen molar-refractivity contribution in [3.8, 4) is 31.8 Å². The van der Waals surface area contributed by atoms with Gasteiger partial charge in [-0.05, 0) is 23.6 Å². The van der Waals surface area contributed by atoms with Crippen molar-refractivity contribution < 1.29 is 0 Å². The van der Waals surface area contributed by atoms with E-state index in [0.717, 1.165) is 42.3 Å². The van der Waals surface area contributed by atoms with Gasteiger partial charge in [-0.2, -0.15) is 9.61 Å². The molecule has 0 saturated carbocycles. The second-order valence-electron chi connectivity index (χ2n) is 6.13. The lowest BCUT2D eigenvalue weighted by Gasteiger charge is -2.03. The normalized spacial score (nSPS) is 11.6. The van der Waals surface area contributed by atoms with Crippen LogP contribution < -0.4 is 0 Å². The van der Waals surface area contributed by atoms with Gasteiger partial charge in [0, 0.05) is 11.1 Å². The molecule has 0 saturated heterocycles. The topological polar surface area (TPSA) is 56.0 Å². The number of rotatable bonds is 3. The lowest BCUT2D eigenvalue weighted by Crippen LogP contribution is -1.90. The number of nitrogens with zero attached hydrogens (tertiary/aromatic N) is 5. The van der Waals surface area contributed by atoms with Crippen LogP contribution in [0.3, 0.4) is 0 Å². The molecule has 0 spiro atoms. The molecule has 4 aromatic heterocycles. The van der Waals surface area contributed by atoms with E-state index < -0.39 is 0 Å². The van der Waals surface area contributed by atoms with Gasteiger partial charge in [0.05, 0.1) is 15.1 Å². The first kappa shape index (κ1) is 16.1. The van der Waals surface area contributed by atoms with Gasteiger partial charge in [0.25, 0.3) is 0 Å². The highest BCUT2D eigenvalue weighted by Crippen LogP contribution is 2.38. The van der Waals surface area contributed by atoms with Crippen LogP contribution in [0.5, 0.6) is 0 Å². The minimum atomic E-state index is 0.782. The fraction of sp³-hybridized carbons (Fsp3) is 0. The van der Waals surface area contributed by atoms with E-state index in [1.54, 1.807) is 34.0 Å². The van der Waals surface area contributed by atoms with Crippen LogP contribution in [0.15, 0.2) is 66.0 Å². The summed E-state index contributed by atoms with van der Waals surface area (Å²) in [6.45, 7) is 0. The molecule has 134 valence electrons. The molecular formula is C20H11N5S3. The van der Waals surface area contributed by atoms with Gasteiger partial charge in [-0.3, -0.25) is 0 Å². The monoisotopic (exact) mass is 417 g/mol. The van der Waals surface area contributed by atoms with Crippen LogP contribution >= 0.6 is 34.0 Å². The molecule has 0 aliphatic rings. The van der Waals surface area contributed by atoms with E-state index >= 15 is 0 Å². The van der Waals surface area contributed by atoms with E-state index in [1.807, 2.05) is 52.4 Å². The Morgan fingerprint density at radius 2 is 1.57 bits per heavy atom. The number of benzene rings is 2. The highest BCUT2D eigenvalue weighted by atomic mass is 32.1. The molecular weight excluding hydrogens is 406 g/mol. The zero-order chi connectivity index (χ0) is 18.5. The molecule has 2 aromatic carbocycles. The highest BCUT2D eigenvalue weighted by molar-refractivity contribution is 7.22. The second-order valence-corrected chi connectivity index (χ2v) is 9.07. The fourth-order valence-corrected chi connectivity index (χ4v) is 5.71. The molecule has 28 heavy (non-hydrogen) atoms. The van der Waals surface area contributed by atoms with E-state index in [9.17, 15) is 0 Å². The Kier molecular flexibility index (Phi) is 3.61. The van der Waals surface area contributed by atoms with Crippen LogP contribution in [0.2, 0.25) is 0 Å². The summed E-state index contributed by atoms with van der Waals surface area (Å²) in [7, 11) is 0. The number of fused-ring (bicyclic) bond motifs is 2. The van der Waals surface area contributed by atoms with Crippen LogP contribution in [0.1, 0.15) is 0 Å². The number of hydrogen-bond acceptors (Lipinski definition) is 7. The second kappa shape index (κ2) is 6.30. The zero-order valence-electron chi connectivity index (χ0n) is 14.3. The fourth-order valence-electron chi connectivity index (χ4n) is 3.13. The summed E-state index contributed by atoms with van der Waals surface area (Å²) in [5.41, 5.74) is 3.18. The summed E-state index contributed by atoms with van der Waals surface area (Å²) < 4.78 is 3.02. The van der Waals surface area contributed by atoms with Gasteiger partial charge in [0.15, 0.2) is 5.82 Å². The van der Waals surface area contributed by atoms with E-state index in [-0.39, 0.29) is 0 Å². The van der Waals surface area contributed by atoms with E-state index in [2.05, 4.69) is 28.4 Å². The SMILES string of the molecule is c1csc(-c2nnc3sc(-c4ccccc4-c4nc5ccccc5s4)nn23)c1. The Morgan fingerprint density at radius 1 is 0.750 bits per heavy atom. The molecule has 0 atom stereocenters. The van der Waals surface area contributed by atoms with Gasteiger partial charge < -0.3 is 0 Å². The molecule has 0 aliphatic heterocycles. The Morgan fingerprint density at radius 3 is 2.39 bits per heavy atom. The molecule has 0 N–H and O–H groups in total. The van der Waals surface area contributed by atoms with Crippen molar-refractivity contribution in [1.29, 1.82) is 0 Å². The van der Waals surface area contributed by atoms with Crippen molar-refractivity contribution in [2.75, 3.05) is 0 Å². The van der Waals surface area contributed by atoms with E-state index in [1.165, 1.54) is 4.70 Å². The van der Waals surface area contributed by atoms with Crippen molar-refractivity contribution in [2.45, 2.75) is 0 Å². The average Bonchev–Trinajstić information content (AvgIpc) is 3.50. The number of para-hydroxylation sites is 1. The summed E-state index contributed by atoms with van der Waals surface area (Å²) in [6, 6.07) is 20.6. The molecule has 6 rings (SSSR count). The van der Waals surface area contributed by atoms with Crippen LogP contribution in [-0.4, -0.2) is 24.8 Å². The molecule has 5 nitrogen and oxygen atoms in total. The minimum absolute atomic E-state index is 0.782. The molecule has 4 heterocycles. The molecule has 8 heteroatoms. The van der Waals surface area contributed by atoms with Crippen molar-refractivity contribution in [2.24, 2.45) is 0 Å². The smallest absolute Gasteiger partial charge is 0.235 e. The van der Waals surface area contributed by atoms with Gasteiger partial charge in [-0.25, -0.2) is 4.98 Å². The van der Waals surface area contributed by atoms with Gasteiger partial charge in [0.1, 0.15) is 10.0 Å². The Hall–Kier alpha value is -2.94. The average molecular weight is 418 g/mol. The number of thiophene rings is 1. The summed E-state index contributed by atoms with van der Waals surface area (Å²) in [5.74, 6) is 0.782. The standard InChI is InChI=1S/C20H11N5S3/c1-2-7-13(12(6-1)18-21-14-8-3-4-9-15(14)27-18)19-24-25-17(16-10-5-11-26-16)22-23-20(25)28-19/h1-11H. The van der Waals surface area contributed by atoms with E-state index in [0.29, 0.717) is 0 Å². The highest BCUT2D eigenvalue weighted by Gasteiger charge is 2.18. The quantitative estimate of drug-likeness (QED) is 0.362. The first-order valence-corrected chi connectivity index (χ1v) is 11.1. The lowest BCUT2D eigenvalue weighted by atomic mass is 10.1. The third kappa shape index (κ3) is 2.50. The molecule has 0 fully saturated rings. The zero-order valence-corrected chi connectivity index (χ0v) is 16.8. The van der Waals surface area contributed by atoms with Gasteiger partial charge in [-0.1, -0.05) is 53.8 Å². The van der Waals surface area contributed by atoms with Gasteiger partial charge in [0.2, 0.25) is 4.96 Å². The van der Waals surface area contributed by atoms with E-state index in [4.69, 9.17) is 10.1 Å². The lowest BCUT2D eigenvalue weighted by molar-refractivity contribution is 0.974. The van der Waals surface area contributed by atoms with Crippen molar-refractivity contribution in [1.82, 2.24) is 24.8 Å². The van der Waals surface area contributed by atoms with Crippen LogP contribution in [0.4, 0.5) is 0 Å². The number of aromatic nitrogens is 5. The summed E-state index contributed by atoms with van der Waals surface area (Å²) in [4.78, 5) is 6.68. The maximum atomic E-state index is 4.83. The minimum Gasteiger partial charge on any atom is -0.236 e. The molecule has 6 aromatic rings. The molecule has 0 unspecified atom stereocenters. The van der Waals surface area contributed by atoms with Crippen molar-refractivity contribution >= 4 is 49.2 Å². The Balaban J connectivity index is 1.52. The van der Waals surface area contributed by atoms with Gasteiger partial charge in [-0.15, -0.1) is 32.9 Å². The molecule has 0 amide bonds. The van der Waals surface area contributed by atoms with Crippen LogP contribution in [0.25, 0.3) is 47.0 Å². The predicted octanol–water partition coefficient (Wildman–Crippen LogP) is 5.86. The third-order valence-corrected chi connectivity index (χ3v) is 7.28. The Bertz CT molecular complexity index is 1390.